The standard InChI is InChI=1S/C15H20BrN3O/c1-4-17-8-12-7-13(16)5-6-15(12)20-14-9-18-19(10-14)11(2)3/h5-7,9-11,17H,4,8H2,1-3H3. The maximum atomic E-state index is 5.95. The summed E-state index contributed by atoms with van der Waals surface area (Å²) in [7, 11) is 0. The third-order valence-electron chi connectivity index (χ3n) is 2.92. The number of halogens is 1. The number of nitrogens with zero attached hydrogens (tertiary/aromatic N) is 2. The van der Waals surface area contributed by atoms with Gasteiger partial charge in [-0.25, -0.2) is 0 Å². The SMILES string of the molecule is CCNCc1cc(Br)ccc1Oc1cnn(C(C)C)c1. The van der Waals surface area contributed by atoms with Crippen molar-refractivity contribution >= 4 is 15.9 Å². The van der Waals surface area contributed by atoms with Gasteiger partial charge in [-0.3, -0.25) is 4.68 Å². The molecule has 0 saturated carbocycles. The van der Waals surface area contributed by atoms with Crippen LogP contribution in [0.25, 0.3) is 0 Å². The van der Waals surface area contributed by atoms with Crippen LogP contribution in [0.3, 0.4) is 0 Å². The Balaban J connectivity index is 2.18. The van der Waals surface area contributed by atoms with Gasteiger partial charge in [0, 0.05) is 22.6 Å². The Morgan fingerprint density at radius 1 is 1.40 bits per heavy atom. The monoisotopic (exact) mass is 337 g/mol. The Bertz CT molecular complexity index is 566. The summed E-state index contributed by atoms with van der Waals surface area (Å²) in [6.07, 6.45) is 3.67. The quantitative estimate of drug-likeness (QED) is 0.861. The van der Waals surface area contributed by atoms with Crippen molar-refractivity contribution in [2.45, 2.75) is 33.4 Å². The van der Waals surface area contributed by atoms with Gasteiger partial charge in [0.2, 0.25) is 0 Å². The minimum atomic E-state index is 0.332. The Labute approximate surface area is 128 Å². The molecule has 0 atom stereocenters. The first-order valence-corrected chi connectivity index (χ1v) is 7.60. The van der Waals surface area contributed by atoms with E-state index in [1.54, 1.807) is 6.20 Å². The Morgan fingerprint density at radius 2 is 2.20 bits per heavy atom. The predicted octanol–water partition coefficient (Wildman–Crippen LogP) is 4.13. The second-order valence-electron chi connectivity index (χ2n) is 4.88. The largest absolute Gasteiger partial charge is 0.454 e. The number of hydrogen-bond donors (Lipinski definition) is 1. The number of benzene rings is 1. The average molecular weight is 338 g/mol. The molecule has 0 unspecified atom stereocenters. The zero-order valence-electron chi connectivity index (χ0n) is 12.1. The molecule has 108 valence electrons. The van der Waals surface area contributed by atoms with Gasteiger partial charge in [0.05, 0.1) is 12.4 Å². The molecule has 0 spiro atoms. The molecule has 0 aliphatic heterocycles. The number of hydrogen-bond acceptors (Lipinski definition) is 3. The van der Waals surface area contributed by atoms with Gasteiger partial charge in [0.25, 0.3) is 0 Å². The molecular formula is C15H20BrN3O. The number of nitrogens with one attached hydrogen (secondary N) is 1. The minimum Gasteiger partial charge on any atom is -0.454 e. The van der Waals surface area contributed by atoms with Gasteiger partial charge in [0.1, 0.15) is 5.75 Å². The van der Waals surface area contributed by atoms with Gasteiger partial charge in [-0.05, 0) is 38.6 Å². The van der Waals surface area contributed by atoms with E-state index < -0.39 is 0 Å². The molecule has 0 aliphatic rings. The lowest BCUT2D eigenvalue weighted by atomic mass is 10.2. The molecule has 1 N–H and O–H groups in total. The summed E-state index contributed by atoms with van der Waals surface area (Å²) in [4.78, 5) is 0. The molecular weight excluding hydrogens is 318 g/mol. The highest BCUT2D eigenvalue weighted by Gasteiger charge is 2.08. The zero-order chi connectivity index (χ0) is 14.5. The molecule has 20 heavy (non-hydrogen) atoms. The highest BCUT2D eigenvalue weighted by Crippen LogP contribution is 2.28. The van der Waals surface area contributed by atoms with Crippen LogP contribution in [0.4, 0.5) is 0 Å². The van der Waals surface area contributed by atoms with Gasteiger partial charge in [-0.2, -0.15) is 5.10 Å². The lowest BCUT2D eigenvalue weighted by Crippen LogP contribution is -2.12. The van der Waals surface area contributed by atoms with Crippen molar-refractivity contribution in [3.63, 3.8) is 0 Å². The zero-order valence-corrected chi connectivity index (χ0v) is 13.6. The summed E-state index contributed by atoms with van der Waals surface area (Å²) in [5.74, 6) is 1.62. The summed E-state index contributed by atoms with van der Waals surface area (Å²) < 4.78 is 8.89. The van der Waals surface area contributed by atoms with E-state index >= 15 is 0 Å². The maximum Gasteiger partial charge on any atom is 0.165 e. The maximum absolute atomic E-state index is 5.95. The topological polar surface area (TPSA) is 39.1 Å². The third-order valence-corrected chi connectivity index (χ3v) is 3.42. The van der Waals surface area contributed by atoms with Gasteiger partial charge in [-0.1, -0.05) is 22.9 Å². The van der Waals surface area contributed by atoms with Crippen LogP contribution < -0.4 is 10.1 Å². The summed E-state index contributed by atoms with van der Waals surface area (Å²) in [6, 6.07) is 6.37. The molecule has 0 radical (unpaired) electrons. The average Bonchev–Trinajstić information content (AvgIpc) is 2.88. The second-order valence-corrected chi connectivity index (χ2v) is 5.80. The normalized spacial score (nSPS) is 11.1. The highest BCUT2D eigenvalue weighted by atomic mass is 79.9. The van der Waals surface area contributed by atoms with Gasteiger partial charge >= 0.3 is 0 Å². The minimum absolute atomic E-state index is 0.332. The molecule has 4 nitrogen and oxygen atoms in total. The first-order valence-electron chi connectivity index (χ1n) is 6.81. The van der Waals surface area contributed by atoms with Crippen molar-refractivity contribution in [1.29, 1.82) is 0 Å². The van der Waals surface area contributed by atoms with Crippen LogP contribution in [0.5, 0.6) is 11.5 Å². The molecule has 2 rings (SSSR count). The van der Waals surface area contributed by atoms with E-state index in [4.69, 9.17) is 4.74 Å². The van der Waals surface area contributed by atoms with Crippen molar-refractivity contribution in [3.8, 4) is 11.5 Å². The fourth-order valence-corrected chi connectivity index (χ4v) is 2.24. The van der Waals surface area contributed by atoms with Crippen LogP contribution in [0.15, 0.2) is 35.1 Å². The molecule has 1 aromatic heterocycles. The molecule has 0 aliphatic carbocycles. The van der Waals surface area contributed by atoms with Crippen LogP contribution in [0.2, 0.25) is 0 Å². The van der Waals surface area contributed by atoms with Crippen LogP contribution in [-0.4, -0.2) is 16.3 Å². The van der Waals surface area contributed by atoms with E-state index in [2.05, 4.69) is 53.2 Å². The summed E-state index contributed by atoms with van der Waals surface area (Å²) >= 11 is 3.50. The lowest BCUT2D eigenvalue weighted by molar-refractivity contribution is 0.468. The van der Waals surface area contributed by atoms with Gasteiger partial charge in [-0.15, -0.1) is 0 Å². The van der Waals surface area contributed by atoms with Crippen molar-refractivity contribution in [2.75, 3.05) is 6.54 Å². The predicted molar refractivity (Wildman–Crippen MR) is 84.2 cm³/mol. The fourth-order valence-electron chi connectivity index (χ4n) is 1.83. The molecule has 5 heteroatoms. The number of aromatic nitrogens is 2. The highest BCUT2D eigenvalue weighted by molar-refractivity contribution is 9.10. The Morgan fingerprint density at radius 3 is 2.85 bits per heavy atom. The van der Waals surface area contributed by atoms with Crippen molar-refractivity contribution < 1.29 is 4.74 Å². The van der Waals surface area contributed by atoms with E-state index in [9.17, 15) is 0 Å². The first kappa shape index (κ1) is 15.1. The third kappa shape index (κ3) is 3.84. The lowest BCUT2D eigenvalue weighted by Gasteiger charge is -2.11. The Hall–Kier alpha value is -1.33. The van der Waals surface area contributed by atoms with Crippen molar-refractivity contribution in [3.05, 3.63) is 40.6 Å². The smallest absolute Gasteiger partial charge is 0.165 e. The number of rotatable bonds is 6. The molecule has 0 fully saturated rings. The first-order chi connectivity index (χ1) is 9.60. The summed E-state index contributed by atoms with van der Waals surface area (Å²) in [5.41, 5.74) is 1.12. The summed E-state index contributed by atoms with van der Waals surface area (Å²) in [5, 5.41) is 7.61. The van der Waals surface area contributed by atoms with Crippen LogP contribution in [0, 0.1) is 0 Å². The Kier molecular flexibility index (Phi) is 5.20. The van der Waals surface area contributed by atoms with E-state index in [0.717, 1.165) is 34.6 Å². The van der Waals surface area contributed by atoms with E-state index in [1.165, 1.54) is 0 Å². The molecule has 1 aromatic carbocycles. The molecule has 0 amide bonds. The van der Waals surface area contributed by atoms with Crippen LogP contribution >= 0.6 is 15.9 Å². The molecule has 1 heterocycles. The van der Waals surface area contributed by atoms with Crippen molar-refractivity contribution in [2.24, 2.45) is 0 Å². The van der Waals surface area contributed by atoms with Crippen molar-refractivity contribution in [1.82, 2.24) is 15.1 Å². The van der Waals surface area contributed by atoms with E-state index in [0.29, 0.717) is 6.04 Å². The summed E-state index contributed by atoms with van der Waals surface area (Å²) in [6.45, 7) is 7.98. The van der Waals surface area contributed by atoms with Crippen LogP contribution in [-0.2, 0) is 6.54 Å². The van der Waals surface area contributed by atoms with E-state index in [1.807, 2.05) is 23.0 Å². The fraction of sp³-hybridized carbons (Fsp3) is 0.400. The number of ether oxygens (including phenoxy) is 1. The molecule has 2 aromatic rings. The van der Waals surface area contributed by atoms with Gasteiger partial charge in [0.15, 0.2) is 5.75 Å². The second kappa shape index (κ2) is 6.90. The van der Waals surface area contributed by atoms with E-state index in [-0.39, 0.29) is 0 Å². The molecule has 0 saturated heterocycles. The van der Waals surface area contributed by atoms with Gasteiger partial charge < -0.3 is 10.1 Å². The molecule has 0 bridgehead atoms. The van der Waals surface area contributed by atoms with Crippen LogP contribution in [0.1, 0.15) is 32.4 Å².